The molecule has 86 valence electrons. The molecule has 0 bridgehead atoms. The van der Waals surface area contributed by atoms with Gasteiger partial charge in [0.1, 0.15) is 0 Å². The van der Waals surface area contributed by atoms with Crippen molar-refractivity contribution in [2.45, 2.75) is 25.9 Å². The smallest absolute Gasteiger partial charge is 0.187 e. The second-order valence-electron chi connectivity index (χ2n) is 4.03. The molecule has 0 aliphatic carbocycles. The van der Waals surface area contributed by atoms with Crippen molar-refractivity contribution in [2.24, 2.45) is 0 Å². The third-order valence-corrected chi connectivity index (χ3v) is 2.17. The van der Waals surface area contributed by atoms with Gasteiger partial charge < -0.3 is 5.11 Å². The molecule has 16 heavy (non-hydrogen) atoms. The monoisotopic (exact) mass is 225 g/mol. The molecule has 4 heteroatoms. The normalized spacial score (nSPS) is 11.2. The van der Waals surface area contributed by atoms with Crippen molar-refractivity contribution in [3.63, 3.8) is 0 Å². The fraction of sp³-hybridized carbons (Fsp3) is 0.333. The summed E-state index contributed by atoms with van der Waals surface area (Å²) in [5.41, 5.74) is -0.165. The van der Waals surface area contributed by atoms with E-state index in [4.69, 9.17) is 11.5 Å². The molecule has 0 saturated heterocycles. The first-order chi connectivity index (χ1) is 7.35. The first-order valence-corrected chi connectivity index (χ1v) is 4.75. The molecule has 0 aromatic heterocycles. The van der Waals surface area contributed by atoms with Crippen LogP contribution in [-0.4, -0.2) is 10.6 Å². The molecule has 2 N–H and O–H groups in total. The van der Waals surface area contributed by atoms with E-state index in [0.717, 1.165) is 12.1 Å². The number of hydrogen-bond donors (Lipinski definition) is 2. The molecule has 0 aliphatic heterocycles. The van der Waals surface area contributed by atoms with E-state index in [1.165, 1.54) is 0 Å². The van der Waals surface area contributed by atoms with Crippen molar-refractivity contribution in [1.29, 1.82) is 0 Å². The van der Waals surface area contributed by atoms with Crippen LogP contribution in [0, 0.1) is 24.0 Å². The van der Waals surface area contributed by atoms with E-state index in [-0.39, 0.29) is 6.54 Å². The van der Waals surface area contributed by atoms with Crippen molar-refractivity contribution in [3.8, 4) is 18.1 Å². The van der Waals surface area contributed by atoms with E-state index >= 15 is 0 Å². The summed E-state index contributed by atoms with van der Waals surface area (Å²) in [6.45, 7) is 3.78. The lowest BCUT2D eigenvalue weighted by atomic mass is 10.1. The topological polar surface area (TPSA) is 32.3 Å². The number of nitrogens with one attached hydrogen (secondary N) is 1. The lowest BCUT2D eigenvalue weighted by molar-refractivity contribution is 0.394. The minimum atomic E-state index is -0.977. The molecule has 0 radical (unpaired) electrons. The average Bonchev–Trinajstić information content (AvgIpc) is 2.23. The molecule has 1 rings (SSSR count). The molecule has 0 amide bonds. The molecule has 0 spiro atoms. The molecule has 2 nitrogen and oxygen atoms in total. The van der Waals surface area contributed by atoms with Gasteiger partial charge in [-0.1, -0.05) is 5.92 Å². The van der Waals surface area contributed by atoms with Crippen LogP contribution < -0.4 is 5.32 Å². The maximum absolute atomic E-state index is 13.0. The highest BCUT2D eigenvalue weighted by atomic mass is 19.1. The van der Waals surface area contributed by atoms with E-state index in [9.17, 15) is 8.78 Å². The molecule has 0 aliphatic rings. The number of halogens is 2. The van der Waals surface area contributed by atoms with Gasteiger partial charge in [-0.3, -0.25) is 5.32 Å². The SMILES string of the molecule is C#CC(C)(C)NCc1cc(F)c(O)c(F)c1. The van der Waals surface area contributed by atoms with Gasteiger partial charge in [0.05, 0.1) is 5.54 Å². The summed E-state index contributed by atoms with van der Waals surface area (Å²) in [6, 6.07) is 2.13. The first-order valence-electron chi connectivity index (χ1n) is 4.75. The summed E-state index contributed by atoms with van der Waals surface area (Å²) in [4.78, 5) is 0. The summed E-state index contributed by atoms with van der Waals surface area (Å²) in [7, 11) is 0. The van der Waals surface area contributed by atoms with Gasteiger partial charge >= 0.3 is 0 Å². The van der Waals surface area contributed by atoms with Crippen molar-refractivity contribution in [3.05, 3.63) is 29.3 Å². The van der Waals surface area contributed by atoms with Crippen LogP contribution in [0.2, 0.25) is 0 Å². The number of hydrogen-bond acceptors (Lipinski definition) is 2. The predicted molar refractivity (Wildman–Crippen MR) is 57.8 cm³/mol. The molecule has 0 fully saturated rings. The van der Waals surface area contributed by atoms with E-state index in [1.54, 1.807) is 13.8 Å². The number of phenols is 1. The molecular formula is C12H13F2NO. The minimum absolute atomic E-state index is 0.227. The van der Waals surface area contributed by atoms with Gasteiger partial charge in [0.2, 0.25) is 0 Å². The van der Waals surface area contributed by atoms with Crippen LogP contribution in [0.1, 0.15) is 19.4 Å². The summed E-state index contributed by atoms with van der Waals surface area (Å²) < 4.78 is 26.0. The van der Waals surface area contributed by atoms with E-state index in [2.05, 4.69) is 11.2 Å². The minimum Gasteiger partial charge on any atom is -0.503 e. The lowest BCUT2D eigenvalue weighted by Gasteiger charge is -2.19. The van der Waals surface area contributed by atoms with Crippen LogP contribution in [0.25, 0.3) is 0 Å². The Balaban J connectivity index is 2.81. The highest BCUT2D eigenvalue weighted by Crippen LogP contribution is 2.21. The van der Waals surface area contributed by atoms with Gasteiger partial charge in [0.25, 0.3) is 0 Å². The predicted octanol–water partition coefficient (Wildman–Crippen LogP) is 2.17. The van der Waals surface area contributed by atoms with E-state index < -0.39 is 22.9 Å². The molecule has 0 unspecified atom stereocenters. The highest BCUT2D eigenvalue weighted by Gasteiger charge is 2.14. The molecule has 0 saturated carbocycles. The first kappa shape index (κ1) is 12.5. The quantitative estimate of drug-likeness (QED) is 0.773. The van der Waals surface area contributed by atoms with Gasteiger partial charge in [-0.15, -0.1) is 6.42 Å². The maximum Gasteiger partial charge on any atom is 0.187 e. The van der Waals surface area contributed by atoms with Crippen LogP contribution in [-0.2, 0) is 6.54 Å². The van der Waals surface area contributed by atoms with Crippen LogP contribution in [0.3, 0.4) is 0 Å². The molecule has 1 aromatic carbocycles. The second kappa shape index (κ2) is 4.50. The van der Waals surface area contributed by atoms with E-state index in [0.29, 0.717) is 5.56 Å². The van der Waals surface area contributed by atoms with Crippen molar-refractivity contribution in [1.82, 2.24) is 5.32 Å². The zero-order chi connectivity index (χ0) is 12.3. The lowest BCUT2D eigenvalue weighted by Crippen LogP contribution is -2.36. The fourth-order valence-electron chi connectivity index (χ4n) is 1.09. The van der Waals surface area contributed by atoms with Crippen LogP contribution in [0.4, 0.5) is 8.78 Å². The Morgan fingerprint density at radius 1 is 1.38 bits per heavy atom. The van der Waals surface area contributed by atoms with Crippen molar-refractivity contribution < 1.29 is 13.9 Å². The van der Waals surface area contributed by atoms with Gasteiger partial charge in [0, 0.05) is 6.54 Å². The van der Waals surface area contributed by atoms with Crippen molar-refractivity contribution in [2.75, 3.05) is 0 Å². The summed E-state index contributed by atoms with van der Waals surface area (Å²) in [6.07, 6.45) is 5.25. The molecule has 1 aromatic rings. The zero-order valence-corrected chi connectivity index (χ0v) is 9.14. The van der Waals surface area contributed by atoms with E-state index in [1.807, 2.05) is 0 Å². The number of benzene rings is 1. The third kappa shape index (κ3) is 2.94. The Morgan fingerprint density at radius 2 is 1.88 bits per heavy atom. The van der Waals surface area contributed by atoms with Gasteiger partial charge in [-0.2, -0.15) is 0 Å². The van der Waals surface area contributed by atoms with Crippen molar-refractivity contribution >= 4 is 0 Å². The maximum atomic E-state index is 13.0. The standard InChI is InChI=1S/C12H13F2NO/c1-4-12(2,3)15-7-8-5-9(13)11(16)10(14)6-8/h1,5-6,15-16H,7H2,2-3H3. The largest absolute Gasteiger partial charge is 0.503 e. The molecule has 0 atom stereocenters. The number of rotatable bonds is 3. The zero-order valence-electron chi connectivity index (χ0n) is 9.14. The fourth-order valence-corrected chi connectivity index (χ4v) is 1.09. The third-order valence-electron chi connectivity index (χ3n) is 2.17. The van der Waals surface area contributed by atoms with Crippen LogP contribution in [0.5, 0.6) is 5.75 Å². The number of phenolic OH excluding ortho intramolecular Hbond substituents is 1. The Kier molecular flexibility index (Phi) is 3.51. The van der Waals surface area contributed by atoms with Gasteiger partial charge in [-0.05, 0) is 31.5 Å². The number of aromatic hydroxyl groups is 1. The Hall–Kier alpha value is -1.60. The second-order valence-corrected chi connectivity index (χ2v) is 4.03. The Labute approximate surface area is 93.3 Å². The van der Waals surface area contributed by atoms with Crippen LogP contribution in [0.15, 0.2) is 12.1 Å². The van der Waals surface area contributed by atoms with Crippen LogP contribution >= 0.6 is 0 Å². The van der Waals surface area contributed by atoms with Gasteiger partial charge in [-0.25, -0.2) is 8.78 Å². The molecular weight excluding hydrogens is 212 g/mol. The Bertz CT molecular complexity index is 412. The summed E-state index contributed by atoms with van der Waals surface area (Å²) in [5.74, 6) is -0.407. The average molecular weight is 225 g/mol. The highest BCUT2D eigenvalue weighted by molar-refractivity contribution is 5.30. The summed E-state index contributed by atoms with van der Waals surface area (Å²) in [5, 5.41) is 11.9. The van der Waals surface area contributed by atoms with Gasteiger partial charge in [0.15, 0.2) is 17.4 Å². The molecule has 0 heterocycles. The Morgan fingerprint density at radius 3 is 2.31 bits per heavy atom. The number of terminal acetylenes is 1. The summed E-state index contributed by atoms with van der Waals surface area (Å²) >= 11 is 0.